The maximum absolute atomic E-state index is 3.54. The van der Waals surface area contributed by atoms with Crippen molar-refractivity contribution in [2.24, 2.45) is 0 Å². The zero-order chi connectivity index (χ0) is 16.9. The smallest absolute Gasteiger partial charge is 0.0980 e. The largest absolute Gasteiger partial charge is 0.281 e. The molecule has 0 bridgehead atoms. The monoisotopic (exact) mass is 323 g/mol. The van der Waals surface area contributed by atoms with Crippen molar-refractivity contribution >= 4 is 0 Å². The molecule has 1 nitrogen and oxygen atoms in total. The van der Waals surface area contributed by atoms with Gasteiger partial charge in [-0.25, -0.2) is 0 Å². The molecule has 25 heavy (non-hydrogen) atoms. The first-order valence-electron chi connectivity index (χ1n) is 8.82. The lowest BCUT2D eigenvalue weighted by Gasteiger charge is -2.34. The summed E-state index contributed by atoms with van der Waals surface area (Å²) in [5.74, 6) is 6.92. The van der Waals surface area contributed by atoms with Gasteiger partial charge in [-0.3, -0.25) is 4.90 Å². The Labute approximate surface area is 149 Å². The van der Waals surface area contributed by atoms with E-state index in [2.05, 4.69) is 83.5 Å². The van der Waals surface area contributed by atoms with Crippen molar-refractivity contribution in [1.82, 2.24) is 4.90 Å². The van der Waals surface area contributed by atoms with E-state index in [1.807, 2.05) is 18.2 Å². The molecule has 0 saturated carbocycles. The highest BCUT2D eigenvalue weighted by atomic mass is 15.2. The SMILES string of the molecule is C(#C[C@@H]1c2ccccc2CCN1Cc1ccccc1)c1ccccc1. The molecular formula is C24H21N. The number of rotatable bonds is 2. The van der Waals surface area contributed by atoms with Gasteiger partial charge in [0.15, 0.2) is 0 Å². The van der Waals surface area contributed by atoms with Crippen LogP contribution in [0.1, 0.15) is 28.3 Å². The molecule has 0 fully saturated rings. The molecule has 4 rings (SSSR count). The minimum atomic E-state index is 0.144. The average molecular weight is 323 g/mol. The Hall–Kier alpha value is -2.82. The van der Waals surface area contributed by atoms with E-state index in [-0.39, 0.29) is 6.04 Å². The Morgan fingerprint density at radius 3 is 2.28 bits per heavy atom. The molecule has 0 unspecified atom stereocenters. The van der Waals surface area contributed by atoms with Crippen LogP contribution in [0.3, 0.4) is 0 Å². The lowest BCUT2D eigenvalue weighted by Crippen LogP contribution is -2.34. The third-order valence-electron chi connectivity index (χ3n) is 4.74. The second-order valence-electron chi connectivity index (χ2n) is 6.44. The molecule has 0 amide bonds. The number of fused-ring (bicyclic) bond motifs is 1. The Kier molecular flexibility index (Phi) is 4.63. The van der Waals surface area contributed by atoms with Crippen molar-refractivity contribution in [3.63, 3.8) is 0 Å². The Bertz CT molecular complexity index is 887. The molecule has 0 N–H and O–H groups in total. The van der Waals surface area contributed by atoms with Crippen LogP contribution in [-0.4, -0.2) is 11.4 Å². The van der Waals surface area contributed by atoms with Gasteiger partial charge >= 0.3 is 0 Å². The molecule has 0 saturated heterocycles. The van der Waals surface area contributed by atoms with Gasteiger partial charge in [0.1, 0.15) is 0 Å². The number of nitrogens with zero attached hydrogens (tertiary/aromatic N) is 1. The quantitative estimate of drug-likeness (QED) is 0.610. The predicted molar refractivity (Wildman–Crippen MR) is 103 cm³/mol. The topological polar surface area (TPSA) is 3.24 Å². The van der Waals surface area contributed by atoms with Gasteiger partial charge in [0, 0.05) is 18.7 Å². The molecule has 1 heterocycles. The van der Waals surface area contributed by atoms with Crippen molar-refractivity contribution < 1.29 is 0 Å². The van der Waals surface area contributed by atoms with E-state index in [1.165, 1.54) is 16.7 Å². The first-order chi connectivity index (χ1) is 12.4. The van der Waals surface area contributed by atoms with Gasteiger partial charge < -0.3 is 0 Å². The second-order valence-corrected chi connectivity index (χ2v) is 6.44. The van der Waals surface area contributed by atoms with Crippen molar-refractivity contribution in [2.75, 3.05) is 6.54 Å². The maximum atomic E-state index is 3.54. The highest BCUT2D eigenvalue weighted by Gasteiger charge is 2.25. The number of benzene rings is 3. The third kappa shape index (κ3) is 3.65. The van der Waals surface area contributed by atoms with Crippen LogP contribution in [0.25, 0.3) is 0 Å². The van der Waals surface area contributed by atoms with E-state index in [1.54, 1.807) is 0 Å². The van der Waals surface area contributed by atoms with Gasteiger partial charge in [0.25, 0.3) is 0 Å². The first-order valence-corrected chi connectivity index (χ1v) is 8.82. The van der Waals surface area contributed by atoms with E-state index in [0.29, 0.717) is 0 Å². The molecule has 1 heteroatoms. The van der Waals surface area contributed by atoms with Crippen LogP contribution in [0.15, 0.2) is 84.9 Å². The molecular weight excluding hydrogens is 302 g/mol. The molecule has 0 aliphatic carbocycles. The highest BCUT2D eigenvalue weighted by molar-refractivity contribution is 5.41. The molecule has 1 aliphatic rings. The van der Waals surface area contributed by atoms with Crippen LogP contribution in [0.2, 0.25) is 0 Å². The molecule has 0 aromatic heterocycles. The van der Waals surface area contributed by atoms with Crippen LogP contribution in [0, 0.1) is 11.8 Å². The van der Waals surface area contributed by atoms with E-state index >= 15 is 0 Å². The Morgan fingerprint density at radius 2 is 1.48 bits per heavy atom. The fourth-order valence-corrected chi connectivity index (χ4v) is 3.45. The van der Waals surface area contributed by atoms with E-state index in [0.717, 1.165) is 25.1 Å². The molecule has 1 aliphatic heterocycles. The van der Waals surface area contributed by atoms with Crippen molar-refractivity contribution in [3.05, 3.63) is 107 Å². The summed E-state index contributed by atoms with van der Waals surface area (Å²) in [7, 11) is 0. The van der Waals surface area contributed by atoms with E-state index in [9.17, 15) is 0 Å². The molecule has 0 spiro atoms. The normalized spacial score (nSPS) is 16.6. The van der Waals surface area contributed by atoms with Crippen LogP contribution in [0.4, 0.5) is 0 Å². The Morgan fingerprint density at radius 1 is 0.800 bits per heavy atom. The Balaban J connectivity index is 1.67. The van der Waals surface area contributed by atoms with Crippen LogP contribution in [-0.2, 0) is 13.0 Å². The molecule has 1 atom stereocenters. The molecule has 0 radical (unpaired) electrons. The van der Waals surface area contributed by atoms with Crippen LogP contribution < -0.4 is 0 Å². The van der Waals surface area contributed by atoms with Gasteiger partial charge in [0.2, 0.25) is 0 Å². The summed E-state index contributed by atoms with van der Waals surface area (Å²) < 4.78 is 0. The van der Waals surface area contributed by atoms with Gasteiger partial charge in [-0.15, -0.1) is 0 Å². The molecule has 122 valence electrons. The van der Waals surface area contributed by atoms with Crippen LogP contribution in [0.5, 0.6) is 0 Å². The van der Waals surface area contributed by atoms with Gasteiger partial charge in [0.05, 0.1) is 6.04 Å². The lowest BCUT2D eigenvalue weighted by molar-refractivity contribution is 0.217. The summed E-state index contributed by atoms with van der Waals surface area (Å²) in [6.07, 6.45) is 1.09. The standard InChI is InChI=1S/C24H21N/c1-3-9-20(10-4-1)15-16-24-23-14-8-7-13-22(23)17-18-25(24)19-21-11-5-2-6-12-21/h1-14,24H,17-19H2/t24-/m1/s1. The fraction of sp³-hybridized carbons (Fsp3) is 0.167. The van der Waals surface area contributed by atoms with E-state index < -0.39 is 0 Å². The third-order valence-corrected chi connectivity index (χ3v) is 4.74. The van der Waals surface area contributed by atoms with Gasteiger partial charge in [-0.2, -0.15) is 0 Å². The van der Waals surface area contributed by atoms with Crippen molar-refractivity contribution in [2.45, 2.75) is 19.0 Å². The zero-order valence-corrected chi connectivity index (χ0v) is 14.2. The van der Waals surface area contributed by atoms with Crippen LogP contribution >= 0.6 is 0 Å². The van der Waals surface area contributed by atoms with E-state index in [4.69, 9.17) is 0 Å². The van der Waals surface area contributed by atoms with Gasteiger partial charge in [-0.05, 0) is 35.2 Å². The summed E-state index contributed by atoms with van der Waals surface area (Å²) >= 11 is 0. The average Bonchev–Trinajstić information content (AvgIpc) is 2.68. The second kappa shape index (κ2) is 7.38. The number of hydrogen-bond acceptors (Lipinski definition) is 1. The summed E-state index contributed by atoms with van der Waals surface area (Å²) in [5, 5.41) is 0. The van der Waals surface area contributed by atoms with Gasteiger partial charge in [-0.1, -0.05) is 84.6 Å². The summed E-state index contributed by atoms with van der Waals surface area (Å²) in [4.78, 5) is 2.49. The van der Waals surface area contributed by atoms with Crippen molar-refractivity contribution in [3.8, 4) is 11.8 Å². The number of hydrogen-bond donors (Lipinski definition) is 0. The zero-order valence-electron chi connectivity index (χ0n) is 14.2. The molecule has 3 aromatic rings. The highest BCUT2D eigenvalue weighted by Crippen LogP contribution is 2.30. The first kappa shape index (κ1) is 15.7. The lowest BCUT2D eigenvalue weighted by atomic mass is 9.92. The predicted octanol–water partition coefficient (Wildman–Crippen LogP) is 4.84. The minimum absolute atomic E-state index is 0.144. The summed E-state index contributed by atoms with van der Waals surface area (Å²) in [5.41, 5.74) is 5.20. The fourth-order valence-electron chi connectivity index (χ4n) is 3.45. The maximum Gasteiger partial charge on any atom is 0.0980 e. The minimum Gasteiger partial charge on any atom is -0.281 e. The summed E-state index contributed by atoms with van der Waals surface area (Å²) in [6, 6.07) is 29.8. The molecule has 3 aromatic carbocycles. The summed E-state index contributed by atoms with van der Waals surface area (Å²) in [6.45, 7) is 1.98. The van der Waals surface area contributed by atoms with Crippen molar-refractivity contribution in [1.29, 1.82) is 0 Å².